The molecule has 3 N–H and O–H groups in total. The van der Waals surface area contributed by atoms with Crippen LogP contribution in [0, 0.1) is 29.1 Å². The highest BCUT2D eigenvalue weighted by molar-refractivity contribution is 7.23. The van der Waals surface area contributed by atoms with Crippen LogP contribution in [0.2, 0.25) is 0 Å². The van der Waals surface area contributed by atoms with E-state index in [9.17, 15) is 4.79 Å². The van der Waals surface area contributed by atoms with Gasteiger partial charge >= 0.3 is 0 Å². The molecule has 0 saturated heterocycles. The fourth-order valence-electron chi connectivity index (χ4n) is 6.89. The van der Waals surface area contributed by atoms with Gasteiger partial charge in [0.2, 0.25) is 0 Å². The van der Waals surface area contributed by atoms with E-state index in [1.165, 1.54) is 67.5 Å². The molecule has 1 spiro atoms. The standard InChI is InChI=1S/C30H39N3OS2/c1-2-8-23-12-14-25(35-23)26-15-16-27(36-26)28(34)24-13-11-21(19-30(24)17-6-7-18-30)20-32-29(31)33-22-9-4-3-5-10-22/h12,14-16,21-22,24H,3-7,9-11,13,17-20H2,1H3,(H3,31,32,33)/t21-,24-/m1/s1. The third-order valence-corrected chi connectivity index (χ3v) is 10.9. The van der Waals surface area contributed by atoms with Crippen molar-refractivity contribution in [3.63, 3.8) is 0 Å². The number of thiophene rings is 2. The van der Waals surface area contributed by atoms with Crippen molar-refractivity contribution in [3.8, 4) is 21.6 Å². The second kappa shape index (κ2) is 11.5. The summed E-state index contributed by atoms with van der Waals surface area (Å²) in [5.41, 5.74) is 6.42. The van der Waals surface area contributed by atoms with E-state index in [1.54, 1.807) is 22.7 Å². The van der Waals surface area contributed by atoms with E-state index in [0.29, 0.717) is 23.7 Å². The second-order valence-corrected chi connectivity index (χ2v) is 13.2. The zero-order chi connectivity index (χ0) is 25.0. The Bertz CT molecular complexity index is 1140. The molecule has 0 radical (unpaired) electrons. The first kappa shape index (κ1) is 25.5. The molecular weight excluding hydrogens is 482 g/mol. The average molecular weight is 522 g/mol. The molecule has 3 fully saturated rings. The van der Waals surface area contributed by atoms with Crippen LogP contribution in [0.25, 0.3) is 9.75 Å². The molecule has 6 heteroatoms. The molecule has 0 amide bonds. The molecule has 2 atom stereocenters. The summed E-state index contributed by atoms with van der Waals surface area (Å²) >= 11 is 3.37. The van der Waals surface area contributed by atoms with Gasteiger partial charge in [-0.15, -0.1) is 28.6 Å². The molecule has 5 rings (SSSR count). The molecule has 0 aliphatic heterocycles. The van der Waals surface area contributed by atoms with Gasteiger partial charge < -0.3 is 11.1 Å². The molecule has 192 valence electrons. The van der Waals surface area contributed by atoms with Crippen LogP contribution < -0.4 is 11.1 Å². The Morgan fingerprint density at radius 3 is 2.56 bits per heavy atom. The number of nitrogens with two attached hydrogens (primary N) is 1. The summed E-state index contributed by atoms with van der Waals surface area (Å²) in [5, 5.41) is 3.46. The van der Waals surface area contributed by atoms with Crippen molar-refractivity contribution in [3.05, 3.63) is 34.0 Å². The van der Waals surface area contributed by atoms with Crippen LogP contribution in [0.15, 0.2) is 29.3 Å². The summed E-state index contributed by atoms with van der Waals surface area (Å²) in [6.45, 7) is 2.66. The van der Waals surface area contributed by atoms with E-state index < -0.39 is 0 Å². The van der Waals surface area contributed by atoms with Crippen molar-refractivity contribution < 1.29 is 4.79 Å². The van der Waals surface area contributed by atoms with Gasteiger partial charge in [0, 0.05) is 28.3 Å². The van der Waals surface area contributed by atoms with Gasteiger partial charge in [-0.3, -0.25) is 9.79 Å². The fraction of sp³-hybridized carbons (Fsp3) is 0.600. The van der Waals surface area contributed by atoms with E-state index >= 15 is 0 Å². The minimum Gasteiger partial charge on any atom is -0.370 e. The maximum atomic E-state index is 13.8. The van der Waals surface area contributed by atoms with Gasteiger partial charge in [-0.05, 0) is 87.5 Å². The van der Waals surface area contributed by atoms with Gasteiger partial charge in [0.1, 0.15) is 0 Å². The van der Waals surface area contributed by atoms with E-state index in [1.807, 2.05) is 6.92 Å². The molecule has 2 aromatic rings. The van der Waals surface area contributed by atoms with Crippen LogP contribution in [0.3, 0.4) is 0 Å². The van der Waals surface area contributed by atoms with E-state index in [-0.39, 0.29) is 11.3 Å². The van der Waals surface area contributed by atoms with Crippen molar-refractivity contribution in [2.24, 2.45) is 28.0 Å². The zero-order valence-electron chi connectivity index (χ0n) is 21.5. The summed E-state index contributed by atoms with van der Waals surface area (Å²) < 4.78 is 0. The fourth-order valence-corrected chi connectivity index (χ4v) is 8.89. The van der Waals surface area contributed by atoms with Crippen molar-refractivity contribution >= 4 is 34.4 Å². The molecule has 36 heavy (non-hydrogen) atoms. The van der Waals surface area contributed by atoms with Gasteiger partial charge in [-0.1, -0.05) is 38.0 Å². The molecule has 0 bridgehead atoms. The lowest BCUT2D eigenvalue weighted by Gasteiger charge is -2.44. The average Bonchev–Trinajstić information content (AvgIpc) is 3.65. The molecular formula is C30H39N3OS2. The Morgan fingerprint density at radius 1 is 1.03 bits per heavy atom. The number of nitrogens with zero attached hydrogens (tertiary/aromatic N) is 1. The molecule has 0 unspecified atom stereocenters. The lowest BCUT2D eigenvalue weighted by molar-refractivity contribution is 0.0485. The van der Waals surface area contributed by atoms with E-state index in [2.05, 4.69) is 41.4 Å². The number of ketones is 1. The smallest absolute Gasteiger partial charge is 0.188 e. The highest BCUT2D eigenvalue weighted by Crippen LogP contribution is 2.55. The molecule has 4 nitrogen and oxygen atoms in total. The monoisotopic (exact) mass is 521 g/mol. The molecule has 2 aromatic heterocycles. The number of aliphatic imine (C=N–C) groups is 1. The maximum absolute atomic E-state index is 13.8. The summed E-state index contributed by atoms with van der Waals surface area (Å²) in [6.07, 6.45) is 14.4. The lowest BCUT2D eigenvalue weighted by atomic mass is 9.60. The third-order valence-electron chi connectivity index (χ3n) is 8.64. The van der Waals surface area contributed by atoms with Crippen LogP contribution in [0.4, 0.5) is 0 Å². The molecule has 3 saturated carbocycles. The van der Waals surface area contributed by atoms with Gasteiger partial charge in [-0.25, -0.2) is 0 Å². The van der Waals surface area contributed by atoms with Crippen molar-refractivity contribution in [2.45, 2.75) is 90.0 Å². The SMILES string of the molecule is CC#Cc1ccc(-c2ccc(C(=O)[C@H]3CC[C@@H](CN=C(N)NC4CCCCC4)CC34CCCC4)s2)s1. The predicted molar refractivity (Wildman–Crippen MR) is 153 cm³/mol. The Kier molecular flexibility index (Phi) is 8.18. The molecule has 3 aliphatic carbocycles. The highest BCUT2D eigenvalue weighted by Gasteiger charge is 2.48. The summed E-state index contributed by atoms with van der Waals surface area (Å²) in [4.78, 5) is 23.0. The van der Waals surface area contributed by atoms with E-state index in [0.717, 1.165) is 35.6 Å². The summed E-state index contributed by atoms with van der Waals surface area (Å²) in [7, 11) is 0. The maximum Gasteiger partial charge on any atom is 0.188 e. The van der Waals surface area contributed by atoms with Gasteiger partial charge in [-0.2, -0.15) is 0 Å². The number of carbonyl (C=O) groups is 1. The summed E-state index contributed by atoms with van der Waals surface area (Å²) in [5.74, 6) is 7.78. The van der Waals surface area contributed by atoms with Gasteiger partial charge in [0.25, 0.3) is 0 Å². The number of Topliss-reactive ketones (excluding diaryl/α,β-unsaturated/α-hetero) is 1. The molecule has 2 heterocycles. The largest absolute Gasteiger partial charge is 0.370 e. The Hall–Kier alpha value is -2.10. The van der Waals surface area contributed by atoms with Crippen molar-refractivity contribution in [1.29, 1.82) is 0 Å². The zero-order valence-corrected chi connectivity index (χ0v) is 23.1. The number of guanidine groups is 1. The van der Waals surface area contributed by atoms with Crippen LogP contribution in [0.5, 0.6) is 0 Å². The quantitative estimate of drug-likeness (QED) is 0.182. The van der Waals surface area contributed by atoms with E-state index in [4.69, 9.17) is 10.7 Å². The van der Waals surface area contributed by atoms with Gasteiger partial charge in [0.05, 0.1) is 9.75 Å². The minimum absolute atomic E-state index is 0.147. The second-order valence-electron chi connectivity index (χ2n) is 11.0. The Morgan fingerprint density at radius 2 is 1.78 bits per heavy atom. The number of hydrogen-bond donors (Lipinski definition) is 2. The minimum atomic E-state index is 0.147. The number of rotatable bonds is 6. The predicted octanol–water partition coefficient (Wildman–Crippen LogP) is 7.24. The van der Waals surface area contributed by atoms with Crippen molar-refractivity contribution in [2.75, 3.05) is 6.54 Å². The van der Waals surface area contributed by atoms with Crippen LogP contribution in [0.1, 0.15) is 98.5 Å². The Balaban J connectivity index is 1.24. The molecule has 0 aromatic carbocycles. The van der Waals surface area contributed by atoms with Crippen LogP contribution >= 0.6 is 22.7 Å². The first-order valence-electron chi connectivity index (χ1n) is 13.8. The molecule has 3 aliphatic rings. The van der Waals surface area contributed by atoms with Crippen molar-refractivity contribution in [1.82, 2.24) is 5.32 Å². The topological polar surface area (TPSA) is 67.5 Å². The summed E-state index contributed by atoms with van der Waals surface area (Å²) in [6, 6.07) is 8.88. The third kappa shape index (κ3) is 5.73. The Labute approximate surface area is 224 Å². The van der Waals surface area contributed by atoms with Crippen LogP contribution in [-0.4, -0.2) is 24.3 Å². The van der Waals surface area contributed by atoms with Crippen LogP contribution in [-0.2, 0) is 0 Å². The lowest BCUT2D eigenvalue weighted by Crippen LogP contribution is -2.42. The van der Waals surface area contributed by atoms with Gasteiger partial charge in [0.15, 0.2) is 11.7 Å². The number of carbonyl (C=O) groups excluding carboxylic acids is 1. The highest BCUT2D eigenvalue weighted by atomic mass is 32.1. The number of nitrogens with one attached hydrogen (secondary N) is 1. The normalized spacial score (nSPS) is 24.4. The number of hydrogen-bond acceptors (Lipinski definition) is 4. The first-order valence-corrected chi connectivity index (χ1v) is 15.4. The first-order chi connectivity index (χ1) is 17.6.